The maximum absolute atomic E-state index is 12.2. The third-order valence-corrected chi connectivity index (χ3v) is 4.65. The van der Waals surface area contributed by atoms with Crippen molar-refractivity contribution >= 4 is 35.2 Å². The Hall–Kier alpha value is -2.18. The quantitative estimate of drug-likeness (QED) is 0.566. The van der Waals surface area contributed by atoms with Gasteiger partial charge < -0.3 is 14.8 Å². The topological polar surface area (TPSA) is 64.6 Å². The monoisotopic (exact) mass is 393 g/mol. The van der Waals surface area contributed by atoms with Crippen LogP contribution >= 0.6 is 23.4 Å². The van der Waals surface area contributed by atoms with Crippen LogP contribution in [-0.2, 0) is 9.53 Å². The SMILES string of the molecule is COc1cc(SC)ccc1C(=O)OCC(=O)N[C@@H](C)c1cccc(Cl)c1. The van der Waals surface area contributed by atoms with Crippen molar-refractivity contribution in [3.63, 3.8) is 0 Å². The van der Waals surface area contributed by atoms with E-state index in [0.29, 0.717) is 10.8 Å². The van der Waals surface area contributed by atoms with Gasteiger partial charge in [-0.3, -0.25) is 4.79 Å². The second kappa shape index (κ2) is 9.50. The van der Waals surface area contributed by atoms with Gasteiger partial charge in [-0.15, -0.1) is 11.8 Å². The number of carbonyl (C=O) groups excluding carboxylic acids is 2. The fraction of sp³-hybridized carbons (Fsp3) is 0.263. The normalized spacial score (nSPS) is 11.5. The molecular formula is C19H20ClNO4S. The summed E-state index contributed by atoms with van der Waals surface area (Å²) in [6.07, 6.45) is 1.93. The van der Waals surface area contributed by atoms with Crippen LogP contribution in [0.25, 0.3) is 0 Å². The highest BCUT2D eigenvalue weighted by molar-refractivity contribution is 7.98. The first-order chi connectivity index (χ1) is 12.4. The highest BCUT2D eigenvalue weighted by atomic mass is 35.5. The molecule has 0 aliphatic carbocycles. The van der Waals surface area contributed by atoms with Gasteiger partial charge in [-0.2, -0.15) is 0 Å². The molecular weight excluding hydrogens is 374 g/mol. The van der Waals surface area contributed by atoms with Gasteiger partial charge in [0.1, 0.15) is 11.3 Å². The summed E-state index contributed by atoms with van der Waals surface area (Å²) in [6.45, 7) is 1.45. The number of methoxy groups -OCH3 is 1. The van der Waals surface area contributed by atoms with Crippen LogP contribution in [0.1, 0.15) is 28.9 Å². The molecule has 2 rings (SSSR count). The molecule has 0 aliphatic heterocycles. The first-order valence-corrected chi connectivity index (χ1v) is 9.49. The lowest BCUT2D eigenvalue weighted by molar-refractivity contribution is -0.124. The number of hydrogen-bond acceptors (Lipinski definition) is 5. The van der Waals surface area contributed by atoms with Gasteiger partial charge in [0.05, 0.1) is 13.2 Å². The fourth-order valence-electron chi connectivity index (χ4n) is 2.32. The van der Waals surface area contributed by atoms with Gasteiger partial charge in [-0.25, -0.2) is 4.79 Å². The number of benzene rings is 2. The summed E-state index contributed by atoms with van der Waals surface area (Å²) in [6, 6.07) is 12.1. The van der Waals surface area contributed by atoms with Gasteiger partial charge in [0.2, 0.25) is 0 Å². The minimum Gasteiger partial charge on any atom is -0.496 e. The Kier molecular flexibility index (Phi) is 7.36. The summed E-state index contributed by atoms with van der Waals surface area (Å²) in [5, 5.41) is 3.36. The molecule has 0 fully saturated rings. The standard InChI is InChI=1S/C19H20ClNO4S/c1-12(13-5-4-6-14(20)9-13)21-18(22)11-25-19(23)16-8-7-15(26-3)10-17(16)24-2/h4-10,12H,11H2,1-3H3,(H,21,22)/t12-/m0/s1. The largest absolute Gasteiger partial charge is 0.496 e. The Bertz CT molecular complexity index is 797. The van der Waals surface area contributed by atoms with E-state index in [-0.39, 0.29) is 18.2 Å². The minimum atomic E-state index is -0.611. The molecule has 0 saturated heterocycles. The lowest BCUT2D eigenvalue weighted by Crippen LogP contribution is -2.31. The van der Waals surface area contributed by atoms with Crippen LogP contribution in [0.4, 0.5) is 0 Å². The Labute approximate surface area is 162 Å². The average Bonchev–Trinajstić information content (AvgIpc) is 2.65. The number of carbonyl (C=O) groups is 2. The first kappa shape index (κ1) is 20.1. The molecule has 0 spiro atoms. The molecule has 0 aliphatic rings. The van der Waals surface area contributed by atoms with Crippen molar-refractivity contribution in [2.45, 2.75) is 17.9 Å². The van der Waals surface area contributed by atoms with Crippen LogP contribution in [0.2, 0.25) is 5.02 Å². The number of rotatable bonds is 7. The summed E-state index contributed by atoms with van der Waals surface area (Å²) in [5.41, 5.74) is 1.15. The molecule has 138 valence electrons. The molecule has 1 atom stereocenters. The van der Waals surface area contributed by atoms with Crippen LogP contribution in [0.15, 0.2) is 47.4 Å². The molecule has 2 aromatic rings. The third kappa shape index (κ3) is 5.41. The van der Waals surface area contributed by atoms with Crippen molar-refractivity contribution in [3.8, 4) is 5.75 Å². The van der Waals surface area contributed by atoms with Crippen LogP contribution in [0.3, 0.4) is 0 Å². The Morgan fingerprint density at radius 2 is 2.00 bits per heavy atom. The van der Waals surface area contributed by atoms with Crippen LogP contribution < -0.4 is 10.1 Å². The van der Waals surface area contributed by atoms with Gasteiger partial charge in [-0.1, -0.05) is 23.7 Å². The molecule has 0 bridgehead atoms. The van der Waals surface area contributed by atoms with Crippen LogP contribution in [0, 0.1) is 0 Å². The Morgan fingerprint density at radius 3 is 2.65 bits per heavy atom. The highest BCUT2D eigenvalue weighted by Crippen LogP contribution is 2.26. The van der Waals surface area contributed by atoms with Crippen molar-refractivity contribution in [2.75, 3.05) is 20.0 Å². The van der Waals surface area contributed by atoms with E-state index in [1.54, 1.807) is 30.3 Å². The summed E-state index contributed by atoms with van der Waals surface area (Å²) >= 11 is 7.49. The van der Waals surface area contributed by atoms with E-state index in [1.165, 1.54) is 18.9 Å². The number of halogens is 1. The summed E-state index contributed by atoms with van der Waals surface area (Å²) in [7, 11) is 1.48. The average molecular weight is 394 g/mol. The van der Waals surface area contributed by atoms with Crippen molar-refractivity contribution in [2.24, 2.45) is 0 Å². The van der Waals surface area contributed by atoms with Gasteiger partial charge >= 0.3 is 5.97 Å². The summed E-state index contributed by atoms with van der Waals surface area (Å²) < 4.78 is 10.3. The van der Waals surface area contributed by atoms with E-state index in [0.717, 1.165) is 10.5 Å². The predicted molar refractivity (Wildman–Crippen MR) is 103 cm³/mol. The zero-order valence-corrected chi connectivity index (χ0v) is 16.3. The number of thioether (sulfide) groups is 1. The van der Waals surface area contributed by atoms with E-state index >= 15 is 0 Å². The van der Waals surface area contributed by atoms with Gasteiger partial charge in [0.25, 0.3) is 5.91 Å². The number of ether oxygens (including phenoxy) is 2. The number of amides is 1. The zero-order chi connectivity index (χ0) is 19.1. The van der Waals surface area contributed by atoms with E-state index in [4.69, 9.17) is 21.1 Å². The maximum atomic E-state index is 12.2. The molecule has 5 nitrogen and oxygen atoms in total. The van der Waals surface area contributed by atoms with Crippen LogP contribution in [0.5, 0.6) is 5.75 Å². The molecule has 7 heteroatoms. The molecule has 0 unspecified atom stereocenters. The van der Waals surface area contributed by atoms with Crippen LogP contribution in [-0.4, -0.2) is 31.8 Å². The lowest BCUT2D eigenvalue weighted by atomic mass is 10.1. The summed E-state index contributed by atoms with van der Waals surface area (Å²) in [4.78, 5) is 25.2. The molecule has 0 radical (unpaired) electrons. The smallest absolute Gasteiger partial charge is 0.342 e. The highest BCUT2D eigenvalue weighted by Gasteiger charge is 2.17. The molecule has 1 N–H and O–H groups in total. The Balaban J connectivity index is 1.93. The number of nitrogens with one attached hydrogen (secondary N) is 1. The minimum absolute atomic E-state index is 0.254. The van der Waals surface area contributed by atoms with Crippen molar-refractivity contribution < 1.29 is 19.1 Å². The van der Waals surface area contributed by atoms with Gasteiger partial charge in [0.15, 0.2) is 6.61 Å². The van der Waals surface area contributed by atoms with Gasteiger partial charge in [0, 0.05) is 9.92 Å². The second-order valence-electron chi connectivity index (χ2n) is 5.49. The van der Waals surface area contributed by atoms with Gasteiger partial charge in [-0.05, 0) is 49.1 Å². The summed E-state index contributed by atoms with van der Waals surface area (Å²) in [5.74, 6) is -0.597. The zero-order valence-electron chi connectivity index (χ0n) is 14.7. The number of esters is 1. The fourth-order valence-corrected chi connectivity index (χ4v) is 2.95. The third-order valence-electron chi connectivity index (χ3n) is 3.69. The van der Waals surface area contributed by atoms with E-state index < -0.39 is 11.9 Å². The molecule has 0 heterocycles. The maximum Gasteiger partial charge on any atom is 0.342 e. The molecule has 0 saturated carbocycles. The first-order valence-electron chi connectivity index (χ1n) is 7.88. The van der Waals surface area contributed by atoms with Crippen molar-refractivity contribution in [3.05, 3.63) is 58.6 Å². The number of hydrogen-bond donors (Lipinski definition) is 1. The van der Waals surface area contributed by atoms with Crippen molar-refractivity contribution in [1.29, 1.82) is 0 Å². The van der Waals surface area contributed by atoms with Crippen molar-refractivity contribution in [1.82, 2.24) is 5.32 Å². The molecule has 2 aromatic carbocycles. The van der Waals surface area contributed by atoms with E-state index in [2.05, 4.69) is 5.32 Å². The Morgan fingerprint density at radius 1 is 1.23 bits per heavy atom. The predicted octanol–water partition coefficient (Wildman–Crippen LogP) is 4.10. The molecule has 0 aromatic heterocycles. The second-order valence-corrected chi connectivity index (χ2v) is 6.80. The lowest BCUT2D eigenvalue weighted by Gasteiger charge is -2.15. The van der Waals surface area contributed by atoms with E-state index in [9.17, 15) is 9.59 Å². The van der Waals surface area contributed by atoms with E-state index in [1.807, 2.05) is 25.3 Å². The molecule has 26 heavy (non-hydrogen) atoms. The molecule has 1 amide bonds.